The van der Waals surface area contributed by atoms with Crippen molar-refractivity contribution in [2.45, 2.75) is 0 Å². The summed E-state index contributed by atoms with van der Waals surface area (Å²) < 4.78 is 0. The van der Waals surface area contributed by atoms with Crippen LogP contribution in [0.1, 0.15) is 0 Å². The molecule has 3 aliphatic rings. The third kappa shape index (κ3) is 4.91. The van der Waals surface area contributed by atoms with Crippen LogP contribution in [0.5, 0.6) is 0 Å². The van der Waals surface area contributed by atoms with E-state index in [0.717, 1.165) is 0 Å². The van der Waals surface area contributed by atoms with Crippen LogP contribution in [0, 0.1) is 0 Å². The summed E-state index contributed by atoms with van der Waals surface area (Å²) in [6.45, 7) is 7.92. The predicted molar refractivity (Wildman–Crippen MR) is 74.2 cm³/mol. The largest absolute Gasteiger partial charge is 0.300 e. The van der Waals surface area contributed by atoms with Crippen molar-refractivity contribution < 1.29 is 0 Å². The third-order valence-corrected chi connectivity index (χ3v) is 2.20. The van der Waals surface area contributed by atoms with Gasteiger partial charge in [-0.3, -0.25) is 9.80 Å². The zero-order valence-electron chi connectivity index (χ0n) is 6.77. The van der Waals surface area contributed by atoms with Gasteiger partial charge in [-0.2, -0.15) is 0 Å². The first-order valence-corrected chi connectivity index (χ1v) is 3.40. The van der Waals surface area contributed by atoms with Crippen molar-refractivity contribution in [3.05, 3.63) is 0 Å². The topological polar surface area (TPSA) is 6.48 Å². The van der Waals surface area contributed by atoms with Crippen molar-refractivity contribution in [3.8, 4) is 0 Å². The van der Waals surface area contributed by atoms with Gasteiger partial charge in [0, 0.05) is 39.3 Å². The first-order valence-electron chi connectivity index (χ1n) is 3.40. The highest BCUT2D eigenvalue weighted by Crippen LogP contribution is 2.06. The maximum Gasteiger partial charge on any atom is 0.0110 e. The van der Waals surface area contributed by atoms with Crippen LogP contribution in [-0.4, -0.2) is 49.1 Å². The molecule has 0 unspecified atom stereocenters. The minimum absolute atomic E-state index is 0. The second kappa shape index (κ2) is 9.40. The first kappa shape index (κ1) is 19.4. The Morgan fingerprint density at radius 3 is 0.667 bits per heavy atom. The van der Waals surface area contributed by atoms with Crippen LogP contribution in [0.4, 0.5) is 0 Å². The number of rotatable bonds is 0. The molecule has 3 rings (SSSR count). The molecule has 3 fully saturated rings. The van der Waals surface area contributed by atoms with E-state index in [-0.39, 0.29) is 67.9 Å². The number of halogens is 4. The van der Waals surface area contributed by atoms with Gasteiger partial charge in [-0.25, -0.2) is 0 Å². The van der Waals surface area contributed by atoms with E-state index in [0.29, 0.717) is 0 Å². The van der Waals surface area contributed by atoms with E-state index in [9.17, 15) is 0 Å². The van der Waals surface area contributed by atoms with Crippen LogP contribution in [0.15, 0.2) is 0 Å². The summed E-state index contributed by atoms with van der Waals surface area (Å²) in [5, 5.41) is 0. The SMILES string of the molecule is Br.Br.Br.Br.C1CN2CCN1CC2. The van der Waals surface area contributed by atoms with Crippen LogP contribution < -0.4 is 0 Å². The van der Waals surface area contributed by atoms with Crippen molar-refractivity contribution >= 4 is 67.9 Å². The molecule has 3 saturated heterocycles. The van der Waals surface area contributed by atoms with E-state index in [2.05, 4.69) is 9.80 Å². The Morgan fingerprint density at radius 1 is 0.417 bits per heavy atom. The maximum atomic E-state index is 2.54. The summed E-state index contributed by atoms with van der Waals surface area (Å²) in [5.74, 6) is 0. The number of hydrogen-bond donors (Lipinski definition) is 0. The number of nitrogens with zero attached hydrogens (tertiary/aromatic N) is 2. The summed E-state index contributed by atoms with van der Waals surface area (Å²) in [6, 6.07) is 0. The monoisotopic (exact) mass is 432 g/mol. The van der Waals surface area contributed by atoms with Gasteiger partial charge in [-0.15, -0.1) is 67.9 Å². The summed E-state index contributed by atoms with van der Waals surface area (Å²) >= 11 is 0. The molecule has 0 aromatic heterocycles. The summed E-state index contributed by atoms with van der Waals surface area (Å²) in [7, 11) is 0. The lowest BCUT2D eigenvalue weighted by molar-refractivity contribution is 0.0647. The average molecular weight is 436 g/mol. The van der Waals surface area contributed by atoms with Gasteiger partial charge in [0.2, 0.25) is 0 Å². The van der Waals surface area contributed by atoms with Gasteiger partial charge < -0.3 is 0 Å². The number of hydrogen-bond acceptors (Lipinski definition) is 2. The number of piperazine rings is 3. The molecule has 0 amide bonds. The second-order valence-electron chi connectivity index (χ2n) is 2.68. The van der Waals surface area contributed by atoms with Crippen LogP contribution >= 0.6 is 67.9 Å². The Kier molecular flexibility index (Phi) is 15.2. The van der Waals surface area contributed by atoms with Crippen molar-refractivity contribution in [2.75, 3.05) is 39.3 Å². The van der Waals surface area contributed by atoms with E-state index in [1.54, 1.807) is 0 Å². The zero-order valence-corrected chi connectivity index (χ0v) is 13.6. The Labute approximate surface area is 116 Å². The minimum Gasteiger partial charge on any atom is -0.300 e. The third-order valence-electron chi connectivity index (χ3n) is 2.20. The molecule has 78 valence electrons. The molecule has 3 aliphatic heterocycles. The van der Waals surface area contributed by atoms with Crippen molar-refractivity contribution in [1.29, 1.82) is 0 Å². The van der Waals surface area contributed by atoms with Crippen LogP contribution in [0.3, 0.4) is 0 Å². The van der Waals surface area contributed by atoms with E-state index >= 15 is 0 Å². The van der Waals surface area contributed by atoms with E-state index < -0.39 is 0 Å². The fourth-order valence-corrected chi connectivity index (χ4v) is 1.52. The van der Waals surface area contributed by atoms with Gasteiger partial charge in [-0.1, -0.05) is 0 Å². The summed E-state index contributed by atoms with van der Waals surface area (Å²) in [4.78, 5) is 5.08. The molecule has 6 heteroatoms. The molecular weight excluding hydrogens is 420 g/mol. The first-order chi connectivity index (χ1) is 3.95. The zero-order chi connectivity index (χ0) is 5.40. The lowest BCUT2D eigenvalue weighted by Gasteiger charge is -2.41. The molecule has 0 aromatic carbocycles. The van der Waals surface area contributed by atoms with Crippen LogP contribution in [0.2, 0.25) is 0 Å². The van der Waals surface area contributed by atoms with Gasteiger partial charge >= 0.3 is 0 Å². The average Bonchev–Trinajstić information content (AvgIpc) is 1.92. The van der Waals surface area contributed by atoms with Crippen molar-refractivity contribution in [3.63, 3.8) is 0 Å². The lowest BCUT2D eigenvalue weighted by Crippen LogP contribution is -2.55. The molecular formula is C6H16Br4N2. The quantitative estimate of drug-likeness (QED) is 0.574. The maximum absolute atomic E-state index is 2.54. The predicted octanol–water partition coefficient (Wildman–Crippen LogP) is 1.93. The van der Waals surface area contributed by atoms with Crippen LogP contribution in [-0.2, 0) is 0 Å². The van der Waals surface area contributed by atoms with E-state index in [4.69, 9.17) is 0 Å². The molecule has 2 bridgehead atoms. The highest BCUT2D eigenvalue weighted by molar-refractivity contribution is 8.93. The standard InChI is InChI=1S/C6H12N2.4BrH/c1-2-8-5-3-7(1)4-6-8;;;;/h1-6H2;4*1H. The lowest BCUT2D eigenvalue weighted by atomic mass is 10.2. The molecule has 0 atom stereocenters. The summed E-state index contributed by atoms with van der Waals surface area (Å²) in [5.41, 5.74) is 0. The summed E-state index contributed by atoms with van der Waals surface area (Å²) in [6.07, 6.45) is 0. The Morgan fingerprint density at radius 2 is 0.583 bits per heavy atom. The minimum atomic E-state index is 0. The molecule has 0 radical (unpaired) electrons. The van der Waals surface area contributed by atoms with Crippen LogP contribution in [0.25, 0.3) is 0 Å². The molecule has 0 aromatic rings. The molecule has 0 aliphatic carbocycles. The van der Waals surface area contributed by atoms with Gasteiger partial charge in [0.25, 0.3) is 0 Å². The highest BCUT2D eigenvalue weighted by Gasteiger charge is 2.21. The molecule has 0 spiro atoms. The van der Waals surface area contributed by atoms with Gasteiger partial charge in [0.05, 0.1) is 0 Å². The van der Waals surface area contributed by atoms with Gasteiger partial charge in [0.1, 0.15) is 0 Å². The molecule has 2 nitrogen and oxygen atoms in total. The van der Waals surface area contributed by atoms with E-state index in [1.165, 1.54) is 39.3 Å². The fraction of sp³-hybridized carbons (Fsp3) is 1.00. The van der Waals surface area contributed by atoms with Gasteiger partial charge in [0.15, 0.2) is 0 Å². The fourth-order valence-electron chi connectivity index (χ4n) is 1.52. The van der Waals surface area contributed by atoms with Crippen molar-refractivity contribution in [1.82, 2.24) is 9.80 Å². The Bertz CT molecular complexity index is 72.5. The van der Waals surface area contributed by atoms with Gasteiger partial charge in [-0.05, 0) is 0 Å². The molecule has 0 N–H and O–H groups in total. The second-order valence-corrected chi connectivity index (χ2v) is 2.68. The normalized spacial score (nSPS) is 30.0. The Balaban J connectivity index is -0.000000202. The number of fused-ring (bicyclic) bond motifs is 3. The Hall–Kier alpha value is 1.84. The van der Waals surface area contributed by atoms with E-state index in [1.807, 2.05) is 0 Å². The molecule has 3 heterocycles. The van der Waals surface area contributed by atoms with Crippen molar-refractivity contribution in [2.24, 2.45) is 0 Å². The molecule has 12 heavy (non-hydrogen) atoms. The smallest absolute Gasteiger partial charge is 0.0110 e. The highest BCUT2D eigenvalue weighted by atomic mass is 79.9. The molecule has 0 saturated carbocycles.